The van der Waals surface area contributed by atoms with Crippen molar-refractivity contribution in [3.05, 3.63) is 30.0 Å². The van der Waals surface area contributed by atoms with Crippen LogP contribution >= 0.6 is 0 Å². The van der Waals surface area contributed by atoms with Gasteiger partial charge in [-0.05, 0) is 31.5 Å². The maximum absolute atomic E-state index is 5.58. The molecule has 2 aromatic rings. The highest BCUT2D eigenvalue weighted by Gasteiger charge is 2.03. The van der Waals surface area contributed by atoms with E-state index in [4.69, 9.17) is 5.73 Å². The molecule has 0 aliphatic rings. The van der Waals surface area contributed by atoms with Crippen molar-refractivity contribution in [3.8, 4) is 0 Å². The molecule has 0 atom stereocenters. The maximum Gasteiger partial charge on any atom is 0.0923 e. The van der Waals surface area contributed by atoms with Crippen molar-refractivity contribution in [2.45, 2.75) is 26.4 Å². The van der Waals surface area contributed by atoms with E-state index in [0.29, 0.717) is 12.6 Å². The van der Waals surface area contributed by atoms with Crippen molar-refractivity contribution in [1.29, 1.82) is 0 Å². The number of aromatic nitrogens is 2. The highest BCUT2D eigenvalue weighted by atomic mass is 15.3. The Bertz CT molecular complexity index is 443. The first-order chi connectivity index (χ1) is 6.70. The number of hydrogen-bond donors (Lipinski definition) is 1. The van der Waals surface area contributed by atoms with Crippen molar-refractivity contribution in [3.63, 3.8) is 0 Å². The van der Waals surface area contributed by atoms with Crippen LogP contribution in [0.25, 0.3) is 10.9 Å². The molecular weight excluding hydrogens is 174 g/mol. The van der Waals surface area contributed by atoms with Crippen LogP contribution in [0.1, 0.15) is 25.5 Å². The van der Waals surface area contributed by atoms with E-state index >= 15 is 0 Å². The number of rotatable bonds is 2. The van der Waals surface area contributed by atoms with E-state index < -0.39 is 0 Å². The Morgan fingerprint density at radius 3 is 2.86 bits per heavy atom. The van der Waals surface area contributed by atoms with Gasteiger partial charge in [0.25, 0.3) is 0 Å². The van der Waals surface area contributed by atoms with Crippen LogP contribution in [-0.4, -0.2) is 9.78 Å². The van der Waals surface area contributed by atoms with E-state index in [1.807, 2.05) is 16.8 Å². The predicted molar refractivity (Wildman–Crippen MR) is 58.0 cm³/mol. The van der Waals surface area contributed by atoms with Gasteiger partial charge in [0.15, 0.2) is 0 Å². The van der Waals surface area contributed by atoms with E-state index in [9.17, 15) is 0 Å². The lowest BCUT2D eigenvalue weighted by atomic mass is 10.2. The van der Waals surface area contributed by atoms with Crippen LogP contribution in [-0.2, 0) is 6.54 Å². The molecule has 3 nitrogen and oxygen atoms in total. The van der Waals surface area contributed by atoms with Crippen LogP contribution in [0.4, 0.5) is 0 Å². The summed E-state index contributed by atoms with van der Waals surface area (Å²) in [6.45, 7) is 4.83. The molecule has 0 spiro atoms. The normalized spacial score (nSPS) is 11.4. The third-order valence-corrected chi connectivity index (χ3v) is 2.35. The number of fused-ring (bicyclic) bond motifs is 1. The molecule has 3 heteroatoms. The summed E-state index contributed by atoms with van der Waals surface area (Å²) in [7, 11) is 0. The average molecular weight is 189 g/mol. The molecule has 2 N–H and O–H groups in total. The SMILES string of the molecule is CC(C)n1cc2cc(CN)ccc2n1. The smallest absolute Gasteiger partial charge is 0.0923 e. The molecule has 1 aromatic heterocycles. The summed E-state index contributed by atoms with van der Waals surface area (Å²) in [5.74, 6) is 0. The van der Waals surface area contributed by atoms with Crippen molar-refractivity contribution >= 4 is 10.9 Å². The zero-order chi connectivity index (χ0) is 10.1. The van der Waals surface area contributed by atoms with Crippen LogP contribution in [0.15, 0.2) is 24.4 Å². The second-order valence-corrected chi connectivity index (χ2v) is 3.80. The quantitative estimate of drug-likeness (QED) is 0.786. The number of hydrogen-bond acceptors (Lipinski definition) is 2. The standard InChI is InChI=1S/C11H15N3/c1-8(2)14-7-10-5-9(6-12)3-4-11(10)13-14/h3-5,7-8H,6,12H2,1-2H3. The molecule has 0 unspecified atom stereocenters. The van der Waals surface area contributed by atoms with Gasteiger partial charge < -0.3 is 5.73 Å². The first kappa shape index (κ1) is 9.21. The van der Waals surface area contributed by atoms with Gasteiger partial charge in [-0.1, -0.05) is 6.07 Å². The van der Waals surface area contributed by atoms with Gasteiger partial charge in [0.1, 0.15) is 0 Å². The van der Waals surface area contributed by atoms with Gasteiger partial charge in [0, 0.05) is 24.2 Å². The second kappa shape index (κ2) is 3.42. The summed E-state index contributed by atoms with van der Waals surface area (Å²) >= 11 is 0. The largest absolute Gasteiger partial charge is 0.326 e. The van der Waals surface area contributed by atoms with Crippen LogP contribution in [0.2, 0.25) is 0 Å². The summed E-state index contributed by atoms with van der Waals surface area (Å²) in [5, 5.41) is 5.63. The molecule has 0 bridgehead atoms. The number of benzene rings is 1. The minimum Gasteiger partial charge on any atom is -0.326 e. The lowest BCUT2D eigenvalue weighted by Gasteiger charge is -2.02. The fraction of sp³-hybridized carbons (Fsp3) is 0.364. The number of nitrogens with zero attached hydrogens (tertiary/aromatic N) is 2. The maximum atomic E-state index is 5.58. The Labute approximate surface area is 83.5 Å². The zero-order valence-corrected chi connectivity index (χ0v) is 8.57. The second-order valence-electron chi connectivity index (χ2n) is 3.80. The summed E-state index contributed by atoms with van der Waals surface area (Å²) in [5.41, 5.74) is 7.77. The van der Waals surface area contributed by atoms with Crippen LogP contribution < -0.4 is 5.73 Å². The highest BCUT2D eigenvalue weighted by Crippen LogP contribution is 2.16. The molecule has 1 aromatic carbocycles. The average Bonchev–Trinajstić information content (AvgIpc) is 2.59. The van der Waals surface area contributed by atoms with E-state index in [0.717, 1.165) is 11.1 Å². The zero-order valence-electron chi connectivity index (χ0n) is 8.57. The Hall–Kier alpha value is -1.35. The third kappa shape index (κ3) is 1.51. The molecule has 14 heavy (non-hydrogen) atoms. The van der Waals surface area contributed by atoms with Gasteiger partial charge in [-0.2, -0.15) is 5.10 Å². The molecule has 2 rings (SSSR count). The summed E-state index contributed by atoms with van der Waals surface area (Å²) in [6.07, 6.45) is 2.07. The summed E-state index contributed by atoms with van der Waals surface area (Å²) in [4.78, 5) is 0. The molecule has 0 aliphatic carbocycles. The van der Waals surface area contributed by atoms with Gasteiger partial charge >= 0.3 is 0 Å². The molecule has 0 fully saturated rings. The minimum atomic E-state index is 0.406. The molecule has 0 saturated heterocycles. The van der Waals surface area contributed by atoms with E-state index in [1.165, 1.54) is 5.39 Å². The van der Waals surface area contributed by atoms with Gasteiger partial charge in [0.05, 0.1) is 5.52 Å². The number of nitrogens with two attached hydrogens (primary N) is 1. The first-order valence-electron chi connectivity index (χ1n) is 4.88. The highest BCUT2D eigenvalue weighted by molar-refractivity contribution is 5.78. The summed E-state index contributed by atoms with van der Waals surface area (Å²) in [6, 6.07) is 6.56. The predicted octanol–water partition coefficient (Wildman–Crippen LogP) is 2.08. The first-order valence-corrected chi connectivity index (χ1v) is 4.88. The molecular formula is C11H15N3. The lowest BCUT2D eigenvalue weighted by Crippen LogP contribution is -1.99. The Morgan fingerprint density at radius 1 is 1.43 bits per heavy atom. The molecule has 0 aliphatic heterocycles. The fourth-order valence-electron chi connectivity index (χ4n) is 1.49. The molecule has 74 valence electrons. The summed E-state index contributed by atoms with van der Waals surface area (Å²) < 4.78 is 1.98. The van der Waals surface area contributed by atoms with Gasteiger partial charge in [0.2, 0.25) is 0 Å². The van der Waals surface area contributed by atoms with Gasteiger partial charge in [-0.15, -0.1) is 0 Å². The third-order valence-electron chi connectivity index (χ3n) is 2.35. The fourth-order valence-corrected chi connectivity index (χ4v) is 1.49. The van der Waals surface area contributed by atoms with Crippen LogP contribution in [0, 0.1) is 0 Å². The molecule has 0 saturated carbocycles. The minimum absolute atomic E-state index is 0.406. The Morgan fingerprint density at radius 2 is 2.21 bits per heavy atom. The van der Waals surface area contributed by atoms with Crippen molar-refractivity contribution < 1.29 is 0 Å². The van der Waals surface area contributed by atoms with E-state index in [-0.39, 0.29) is 0 Å². The van der Waals surface area contributed by atoms with E-state index in [2.05, 4.69) is 31.2 Å². The topological polar surface area (TPSA) is 43.8 Å². The van der Waals surface area contributed by atoms with Crippen molar-refractivity contribution in [1.82, 2.24) is 9.78 Å². The van der Waals surface area contributed by atoms with Crippen molar-refractivity contribution in [2.24, 2.45) is 5.73 Å². The Kier molecular flexibility index (Phi) is 2.25. The lowest BCUT2D eigenvalue weighted by molar-refractivity contribution is 0.537. The molecule has 1 heterocycles. The Balaban J connectivity index is 2.54. The molecule has 0 amide bonds. The molecule has 0 radical (unpaired) electrons. The van der Waals surface area contributed by atoms with Crippen molar-refractivity contribution in [2.75, 3.05) is 0 Å². The monoisotopic (exact) mass is 189 g/mol. The van der Waals surface area contributed by atoms with E-state index in [1.54, 1.807) is 0 Å². The van der Waals surface area contributed by atoms with Crippen LogP contribution in [0.5, 0.6) is 0 Å². The van der Waals surface area contributed by atoms with Crippen LogP contribution in [0.3, 0.4) is 0 Å². The van der Waals surface area contributed by atoms with Gasteiger partial charge in [-0.25, -0.2) is 0 Å². The van der Waals surface area contributed by atoms with Gasteiger partial charge in [-0.3, -0.25) is 4.68 Å².